The first-order valence-corrected chi connectivity index (χ1v) is 4.42. The van der Waals surface area contributed by atoms with Crippen LogP contribution in [0.1, 0.15) is 6.92 Å². The summed E-state index contributed by atoms with van der Waals surface area (Å²) >= 11 is 0. The maximum atomic E-state index is 13.4. The molecule has 1 rings (SSSR count). The van der Waals surface area contributed by atoms with Gasteiger partial charge in [-0.25, -0.2) is 4.39 Å². The molecule has 0 spiro atoms. The molecule has 0 aromatic carbocycles. The van der Waals surface area contributed by atoms with E-state index in [4.69, 9.17) is 10.8 Å². The van der Waals surface area contributed by atoms with Crippen LogP contribution in [0.2, 0.25) is 0 Å². The van der Waals surface area contributed by atoms with Gasteiger partial charge in [0.15, 0.2) is 11.3 Å². The lowest BCUT2D eigenvalue weighted by Crippen LogP contribution is -2.72. The molecule has 1 aliphatic rings. The van der Waals surface area contributed by atoms with Gasteiger partial charge in [-0.3, -0.25) is 4.79 Å². The maximum absolute atomic E-state index is 13.4. The molecular weight excluding hydrogens is 209 g/mol. The molecule has 1 saturated heterocycles. The highest BCUT2D eigenvalue weighted by molar-refractivity contribution is 5.87. The summed E-state index contributed by atoms with van der Waals surface area (Å²) in [5, 5.41) is 27.6. The van der Waals surface area contributed by atoms with Gasteiger partial charge < -0.3 is 25.8 Å². The van der Waals surface area contributed by atoms with E-state index in [2.05, 4.69) is 4.74 Å². The molecule has 15 heavy (non-hydrogen) atoms. The van der Waals surface area contributed by atoms with Crippen LogP contribution in [0.25, 0.3) is 0 Å². The summed E-state index contributed by atoms with van der Waals surface area (Å²) in [6.45, 7) is 0.317. The Kier molecular flexibility index (Phi) is 3.41. The number of halogens is 1. The maximum Gasteiger partial charge on any atom is 0.227 e. The smallest absolute Gasteiger partial charge is 0.227 e. The predicted octanol–water partition coefficient (Wildman–Crippen LogP) is -2.32. The number of nitrogens with two attached hydrogens (primary N) is 1. The highest BCUT2D eigenvalue weighted by Gasteiger charge is 2.56. The topological polar surface area (TPSA) is 113 Å². The summed E-state index contributed by atoms with van der Waals surface area (Å²) in [7, 11) is 0. The third-order valence-electron chi connectivity index (χ3n) is 2.65. The number of rotatable bonds is 2. The van der Waals surface area contributed by atoms with Crippen molar-refractivity contribution in [1.82, 2.24) is 0 Å². The van der Waals surface area contributed by atoms with Crippen molar-refractivity contribution in [3.63, 3.8) is 0 Å². The van der Waals surface area contributed by atoms with Crippen molar-refractivity contribution >= 4 is 5.78 Å². The van der Waals surface area contributed by atoms with Crippen molar-refractivity contribution in [3.8, 4) is 0 Å². The lowest BCUT2D eigenvalue weighted by atomic mass is 9.82. The standard InChI is InChI=1S/C8H14FNO5/c1-3(12)8(10)6(14)5(13)4(2-11)15-7(8)9/h4-7,11,13-14H,2,10H2,1H3/t4-,5-,6+,7?,8-/m1/s1. The minimum absolute atomic E-state index is 0.674. The molecule has 5 N–H and O–H groups in total. The van der Waals surface area contributed by atoms with Crippen LogP contribution in [-0.2, 0) is 9.53 Å². The van der Waals surface area contributed by atoms with Crippen molar-refractivity contribution in [2.75, 3.05) is 6.61 Å². The number of aliphatic hydroxyl groups excluding tert-OH is 3. The second-order valence-electron chi connectivity index (χ2n) is 3.60. The third-order valence-corrected chi connectivity index (χ3v) is 2.65. The van der Waals surface area contributed by atoms with Gasteiger partial charge in [-0.2, -0.15) is 0 Å². The fourth-order valence-corrected chi connectivity index (χ4v) is 1.49. The first-order valence-electron chi connectivity index (χ1n) is 4.42. The highest BCUT2D eigenvalue weighted by Crippen LogP contribution is 2.29. The van der Waals surface area contributed by atoms with Crippen molar-refractivity contribution in [1.29, 1.82) is 0 Å². The van der Waals surface area contributed by atoms with Crippen LogP contribution >= 0.6 is 0 Å². The first-order chi connectivity index (χ1) is 6.85. The van der Waals surface area contributed by atoms with Crippen LogP contribution in [0.5, 0.6) is 0 Å². The fraction of sp³-hybridized carbons (Fsp3) is 0.875. The van der Waals surface area contributed by atoms with Gasteiger partial charge in [0.25, 0.3) is 0 Å². The lowest BCUT2D eigenvalue weighted by Gasteiger charge is -2.44. The summed E-state index contributed by atoms with van der Waals surface area (Å²) in [5.74, 6) is -0.835. The van der Waals surface area contributed by atoms with E-state index in [1.807, 2.05) is 0 Å². The summed E-state index contributed by atoms with van der Waals surface area (Å²) < 4.78 is 17.9. The number of aliphatic hydroxyl groups is 3. The zero-order valence-corrected chi connectivity index (χ0v) is 8.13. The van der Waals surface area contributed by atoms with Gasteiger partial charge in [0, 0.05) is 0 Å². The van der Waals surface area contributed by atoms with E-state index < -0.39 is 42.6 Å². The third kappa shape index (κ3) is 1.77. The Morgan fingerprint density at radius 1 is 1.60 bits per heavy atom. The van der Waals surface area contributed by atoms with Gasteiger partial charge in [0.05, 0.1) is 6.61 Å². The Morgan fingerprint density at radius 3 is 2.53 bits per heavy atom. The van der Waals surface area contributed by atoms with Crippen molar-refractivity contribution in [2.45, 2.75) is 37.1 Å². The number of hydrogen-bond donors (Lipinski definition) is 4. The number of carbonyl (C=O) groups is 1. The number of alkyl halides is 1. The Labute approximate surface area is 85.5 Å². The van der Waals surface area contributed by atoms with Gasteiger partial charge in [0.2, 0.25) is 6.36 Å². The number of carbonyl (C=O) groups excluding carboxylic acids is 1. The molecule has 0 aromatic rings. The normalized spacial score (nSPS) is 46.5. The molecule has 6 nitrogen and oxygen atoms in total. The van der Waals surface area contributed by atoms with Crippen LogP contribution in [0.3, 0.4) is 0 Å². The van der Waals surface area contributed by atoms with E-state index in [1.165, 1.54) is 0 Å². The Balaban J connectivity index is 2.98. The minimum atomic E-state index is -2.29. The molecule has 0 bridgehead atoms. The Morgan fingerprint density at radius 2 is 2.13 bits per heavy atom. The van der Waals surface area contributed by atoms with Crippen LogP contribution in [0, 0.1) is 0 Å². The SMILES string of the molecule is CC(=O)[C@]1(N)C(F)O[C@H](CO)[C@@H](O)[C@@H]1O. The van der Waals surface area contributed by atoms with Crippen LogP contribution in [0.4, 0.5) is 4.39 Å². The molecule has 0 radical (unpaired) electrons. The second-order valence-corrected chi connectivity index (χ2v) is 3.60. The van der Waals surface area contributed by atoms with Gasteiger partial charge in [0.1, 0.15) is 18.3 Å². The van der Waals surface area contributed by atoms with Gasteiger partial charge in [-0.05, 0) is 6.92 Å². The van der Waals surface area contributed by atoms with Crippen molar-refractivity contribution < 1.29 is 29.2 Å². The largest absolute Gasteiger partial charge is 0.394 e. The van der Waals surface area contributed by atoms with Gasteiger partial charge in [-0.15, -0.1) is 0 Å². The van der Waals surface area contributed by atoms with Crippen LogP contribution in [0.15, 0.2) is 0 Å². The minimum Gasteiger partial charge on any atom is -0.394 e. The first kappa shape index (κ1) is 12.5. The molecule has 0 saturated carbocycles. The van der Waals surface area contributed by atoms with Crippen molar-refractivity contribution in [2.24, 2.45) is 5.73 Å². The summed E-state index contributed by atoms with van der Waals surface area (Å²) in [4.78, 5) is 11.1. The van der Waals surface area contributed by atoms with Crippen LogP contribution in [-0.4, -0.2) is 57.9 Å². The molecule has 0 aromatic heterocycles. The molecule has 88 valence electrons. The molecule has 5 atom stereocenters. The molecule has 1 unspecified atom stereocenters. The summed E-state index contributed by atoms with van der Waals surface area (Å²) in [5.41, 5.74) is 3.07. The van der Waals surface area contributed by atoms with E-state index in [9.17, 15) is 19.4 Å². The van der Waals surface area contributed by atoms with E-state index in [0.29, 0.717) is 0 Å². The van der Waals surface area contributed by atoms with Gasteiger partial charge >= 0.3 is 0 Å². The molecule has 0 amide bonds. The number of ether oxygens (including phenoxy) is 1. The van der Waals surface area contributed by atoms with E-state index in [1.54, 1.807) is 0 Å². The van der Waals surface area contributed by atoms with Gasteiger partial charge in [-0.1, -0.05) is 0 Å². The zero-order chi connectivity index (χ0) is 11.8. The molecule has 7 heteroatoms. The number of Topliss-reactive ketones (excluding diaryl/α,β-unsaturated/α-hetero) is 1. The number of ketones is 1. The summed E-state index contributed by atoms with van der Waals surface area (Å²) in [6, 6.07) is 0. The monoisotopic (exact) mass is 223 g/mol. The summed E-state index contributed by atoms with van der Waals surface area (Å²) in [6.07, 6.45) is -6.96. The fourth-order valence-electron chi connectivity index (χ4n) is 1.49. The van der Waals surface area contributed by atoms with E-state index >= 15 is 0 Å². The molecule has 0 aliphatic carbocycles. The molecular formula is C8H14FNO5. The van der Waals surface area contributed by atoms with E-state index in [0.717, 1.165) is 6.92 Å². The lowest BCUT2D eigenvalue weighted by molar-refractivity contribution is -0.247. The quantitative estimate of drug-likeness (QED) is 0.418. The average molecular weight is 223 g/mol. The molecule has 1 fully saturated rings. The second kappa shape index (κ2) is 4.11. The Hall–Kier alpha value is -0.600. The average Bonchev–Trinajstić information content (AvgIpc) is 2.20. The molecule has 1 aliphatic heterocycles. The molecule has 1 heterocycles. The zero-order valence-electron chi connectivity index (χ0n) is 8.13. The predicted molar refractivity (Wildman–Crippen MR) is 46.5 cm³/mol. The number of hydrogen-bond acceptors (Lipinski definition) is 6. The Bertz CT molecular complexity index is 263. The van der Waals surface area contributed by atoms with Crippen LogP contribution < -0.4 is 5.73 Å². The van der Waals surface area contributed by atoms with E-state index in [-0.39, 0.29) is 0 Å². The highest BCUT2D eigenvalue weighted by atomic mass is 19.1. The van der Waals surface area contributed by atoms with Crippen molar-refractivity contribution in [3.05, 3.63) is 0 Å².